The summed E-state index contributed by atoms with van der Waals surface area (Å²) in [6.07, 6.45) is -0.234. The van der Waals surface area contributed by atoms with E-state index in [-0.39, 0.29) is 6.09 Å². The summed E-state index contributed by atoms with van der Waals surface area (Å²) in [5.41, 5.74) is -0.445. The number of aromatic nitrogens is 2. The van der Waals surface area contributed by atoms with Crippen LogP contribution in [0, 0.1) is 0 Å². The number of nitrogens with zero attached hydrogens (tertiary/aromatic N) is 4. The van der Waals surface area contributed by atoms with Crippen LogP contribution in [0.3, 0.4) is 0 Å². The van der Waals surface area contributed by atoms with Gasteiger partial charge < -0.3 is 14.5 Å². The molecule has 0 unspecified atom stereocenters. The standard InChI is InChI=1S/C14H24N4O2S/c1-10(2)11-15-16-12(21-11)17-6-8-18(9-7-17)13(19)20-14(3,4)5/h10H,6-9H2,1-5H3. The summed E-state index contributed by atoms with van der Waals surface area (Å²) in [5.74, 6) is 0.402. The van der Waals surface area contributed by atoms with Gasteiger partial charge in [0.05, 0.1) is 0 Å². The van der Waals surface area contributed by atoms with Gasteiger partial charge in [-0.3, -0.25) is 0 Å². The molecule has 1 aromatic heterocycles. The fourth-order valence-electron chi connectivity index (χ4n) is 1.99. The van der Waals surface area contributed by atoms with Gasteiger partial charge in [-0.2, -0.15) is 0 Å². The molecule has 0 saturated carbocycles. The van der Waals surface area contributed by atoms with Crippen LogP contribution >= 0.6 is 11.3 Å². The molecular formula is C14H24N4O2S. The highest BCUT2D eigenvalue weighted by atomic mass is 32.1. The van der Waals surface area contributed by atoms with Crippen molar-refractivity contribution in [1.82, 2.24) is 15.1 Å². The summed E-state index contributed by atoms with van der Waals surface area (Å²) in [4.78, 5) is 16.0. The van der Waals surface area contributed by atoms with E-state index in [9.17, 15) is 4.79 Å². The summed E-state index contributed by atoms with van der Waals surface area (Å²) in [7, 11) is 0. The average molecular weight is 312 g/mol. The highest BCUT2D eigenvalue weighted by Crippen LogP contribution is 2.26. The monoisotopic (exact) mass is 312 g/mol. The minimum atomic E-state index is -0.445. The second-order valence-electron chi connectivity index (χ2n) is 6.53. The van der Waals surface area contributed by atoms with Gasteiger partial charge in [-0.1, -0.05) is 25.2 Å². The van der Waals surface area contributed by atoms with E-state index < -0.39 is 5.60 Å². The Kier molecular flexibility index (Phi) is 4.70. The second-order valence-corrected chi connectivity index (χ2v) is 7.52. The van der Waals surface area contributed by atoms with E-state index in [1.54, 1.807) is 16.2 Å². The molecule has 1 aliphatic heterocycles. The van der Waals surface area contributed by atoms with Crippen molar-refractivity contribution in [2.75, 3.05) is 31.1 Å². The zero-order valence-corrected chi connectivity index (χ0v) is 14.2. The first-order valence-corrected chi connectivity index (χ1v) is 8.14. The fourth-order valence-corrected chi connectivity index (χ4v) is 2.89. The number of hydrogen-bond acceptors (Lipinski definition) is 6. The SMILES string of the molecule is CC(C)c1nnc(N2CCN(C(=O)OC(C)(C)C)CC2)s1. The Morgan fingerprint density at radius 3 is 2.29 bits per heavy atom. The Hall–Kier alpha value is -1.37. The van der Waals surface area contributed by atoms with Gasteiger partial charge in [-0.25, -0.2) is 4.79 Å². The fraction of sp³-hybridized carbons (Fsp3) is 0.786. The molecule has 0 atom stereocenters. The summed E-state index contributed by atoms with van der Waals surface area (Å²) in [6.45, 7) is 12.7. The minimum absolute atomic E-state index is 0.234. The molecular weight excluding hydrogens is 288 g/mol. The number of amides is 1. The van der Waals surface area contributed by atoms with Crippen molar-refractivity contribution < 1.29 is 9.53 Å². The van der Waals surface area contributed by atoms with Crippen molar-refractivity contribution in [3.63, 3.8) is 0 Å². The van der Waals surface area contributed by atoms with E-state index in [1.165, 1.54) is 0 Å². The predicted molar refractivity (Wildman–Crippen MR) is 84.0 cm³/mol. The molecule has 1 amide bonds. The third-order valence-corrected chi connectivity index (χ3v) is 4.41. The number of ether oxygens (including phenoxy) is 1. The molecule has 6 nitrogen and oxygen atoms in total. The number of hydrogen-bond donors (Lipinski definition) is 0. The molecule has 1 aliphatic rings. The van der Waals surface area contributed by atoms with Crippen LogP contribution in [-0.2, 0) is 4.74 Å². The number of piperazine rings is 1. The first-order chi connectivity index (χ1) is 9.76. The van der Waals surface area contributed by atoms with E-state index in [1.807, 2.05) is 20.8 Å². The maximum atomic E-state index is 12.0. The highest BCUT2D eigenvalue weighted by molar-refractivity contribution is 7.15. The van der Waals surface area contributed by atoms with Crippen molar-refractivity contribution in [2.45, 2.75) is 46.1 Å². The minimum Gasteiger partial charge on any atom is -0.444 e. The highest BCUT2D eigenvalue weighted by Gasteiger charge is 2.27. The van der Waals surface area contributed by atoms with Crippen LogP contribution in [0.1, 0.15) is 45.5 Å². The Bertz CT molecular complexity index is 487. The van der Waals surface area contributed by atoms with E-state index in [4.69, 9.17) is 4.74 Å². The Morgan fingerprint density at radius 1 is 1.19 bits per heavy atom. The largest absolute Gasteiger partial charge is 0.444 e. The Balaban J connectivity index is 1.89. The lowest BCUT2D eigenvalue weighted by Gasteiger charge is -2.35. The molecule has 2 rings (SSSR count). The van der Waals surface area contributed by atoms with Crippen molar-refractivity contribution in [1.29, 1.82) is 0 Å². The first kappa shape index (κ1) is 16.0. The van der Waals surface area contributed by atoms with Gasteiger partial charge in [0.2, 0.25) is 5.13 Å². The third-order valence-electron chi connectivity index (χ3n) is 3.13. The molecule has 0 bridgehead atoms. The number of rotatable bonds is 2. The van der Waals surface area contributed by atoms with Crippen LogP contribution in [0.25, 0.3) is 0 Å². The molecule has 7 heteroatoms. The van der Waals surface area contributed by atoms with E-state index in [2.05, 4.69) is 28.9 Å². The lowest BCUT2D eigenvalue weighted by Crippen LogP contribution is -2.50. The zero-order chi connectivity index (χ0) is 15.6. The zero-order valence-electron chi connectivity index (χ0n) is 13.4. The van der Waals surface area contributed by atoms with Gasteiger partial charge in [0.15, 0.2) is 0 Å². The van der Waals surface area contributed by atoms with Crippen LogP contribution in [0.15, 0.2) is 0 Å². The number of anilines is 1. The van der Waals surface area contributed by atoms with Crippen molar-refractivity contribution in [3.05, 3.63) is 5.01 Å². The quantitative estimate of drug-likeness (QED) is 0.840. The van der Waals surface area contributed by atoms with Crippen molar-refractivity contribution in [2.24, 2.45) is 0 Å². The van der Waals surface area contributed by atoms with Crippen LogP contribution in [0.5, 0.6) is 0 Å². The van der Waals surface area contributed by atoms with Crippen molar-refractivity contribution >= 4 is 22.6 Å². The predicted octanol–water partition coefficient (Wildman–Crippen LogP) is 2.72. The molecule has 0 aliphatic carbocycles. The molecule has 118 valence electrons. The topological polar surface area (TPSA) is 58.6 Å². The second kappa shape index (κ2) is 6.17. The van der Waals surface area contributed by atoms with Gasteiger partial charge in [-0.05, 0) is 20.8 Å². The molecule has 0 spiro atoms. The summed E-state index contributed by atoms with van der Waals surface area (Å²) in [5, 5.41) is 10.5. The van der Waals surface area contributed by atoms with Gasteiger partial charge in [0.25, 0.3) is 0 Å². The molecule has 1 fully saturated rings. The van der Waals surface area contributed by atoms with Crippen molar-refractivity contribution in [3.8, 4) is 0 Å². The molecule has 0 radical (unpaired) electrons. The average Bonchev–Trinajstić information content (AvgIpc) is 2.86. The summed E-state index contributed by atoms with van der Waals surface area (Å²) in [6, 6.07) is 0. The van der Waals surface area contributed by atoms with Crippen LogP contribution in [0.4, 0.5) is 9.93 Å². The molecule has 2 heterocycles. The molecule has 21 heavy (non-hydrogen) atoms. The molecule has 1 saturated heterocycles. The molecule has 0 N–H and O–H groups in total. The lowest BCUT2D eigenvalue weighted by molar-refractivity contribution is 0.0240. The summed E-state index contributed by atoms with van der Waals surface area (Å²) >= 11 is 1.64. The maximum absolute atomic E-state index is 12.0. The lowest BCUT2D eigenvalue weighted by atomic mass is 10.2. The van der Waals surface area contributed by atoms with E-state index >= 15 is 0 Å². The van der Waals surface area contributed by atoms with Crippen LogP contribution in [0.2, 0.25) is 0 Å². The van der Waals surface area contributed by atoms with E-state index in [0.717, 1.165) is 23.2 Å². The van der Waals surface area contributed by atoms with Gasteiger partial charge in [-0.15, -0.1) is 10.2 Å². The van der Waals surface area contributed by atoms with E-state index in [0.29, 0.717) is 19.0 Å². The van der Waals surface area contributed by atoms with Crippen LogP contribution < -0.4 is 4.90 Å². The van der Waals surface area contributed by atoms with Gasteiger partial charge in [0, 0.05) is 32.1 Å². The maximum Gasteiger partial charge on any atom is 0.410 e. The number of carbonyl (C=O) groups is 1. The molecule has 0 aromatic carbocycles. The van der Waals surface area contributed by atoms with Gasteiger partial charge >= 0.3 is 6.09 Å². The first-order valence-electron chi connectivity index (χ1n) is 7.32. The number of carbonyl (C=O) groups excluding carboxylic acids is 1. The third kappa shape index (κ3) is 4.30. The van der Waals surface area contributed by atoms with Crippen LogP contribution in [-0.4, -0.2) is 53.0 Å². The smallest absolute Gasteiger partial charge is 0.410 e. The summed E-state index contributed by atoms with van der Waals surface area (Å²) < 4.78 is 5.40. The normalized spacial score (nSPS) is 16.5. The van der Waals surface area contributed by atoms with Gasteiger partial charge in [0.1, 0.15) is 10.6 Å². The molecule has 1 aromatic rings. The Morgan fingerprint density at radius 2 is 1.81 bits per heavy atom. The Labute approximate surface area is 130 Å².